The fourth-order valence-corrected chi connectivity index (χ4v) is 6.15. The van der Waals surface area contributed by atoms with Crippen LogP contribution in [-0.4, -0.2) is 61.6 Å². The molecule has 2 saturated heterocycles. The van der Waals surface area contributed by atoms with Gasteiger partial charge in [0.25, 0.3) is 0 Å². The van der Waals surface area contributed by atoms with Crippen LogP contribution in [0.1, 0.15) is 52.4 Å². The summed E-state index contributed by atoms with van der Waals surface area (Å²) >= 11 is 0. The largest absolute Gasteiger partial charge is 0.461 e. The van der Waals surface area contributed by atoms with Crippen LogP contribution in [0.4, 0.5) is 0 Å². The Morgan fingerprint density at radius 1 is 1.31 bits per heavy atom. The molecule has 2 heterocycles. The maximum Gasteiger partial charge on any atom is 0.311 e. The van der Waals surface area contributed by atoms with Crippen molar-refractivity contribution in [2.24, 2.45) is 23.2 Å². The number of allylic oxidation sites excluding steroid dienone is 1. The molecule has 1 saturated carbocycles. The number of ether oxygens (including phenoxy) is 1. The zero-order valence-electron chi connectivity index (χ0n) is 17.0. The van der Waals surface area contributed by atoms with Gasteiger partial charge in [-0.05, 0) is 70.6 Å². The molecule has 0 aromatic carbocycles. The van der Waals surface area contributed by atoms with Crippen molar-refractivity contribution < 1.29 is 9.53 Å². The highest BCUT2D eigenvalue weighted by atomic mass is 16.6. The van der Waals surface area contributed by atoms with Gasteiger partial charge in [-0.25, -0.2) is 0 Å². The average Bonchev–Trinajstić information content (AvgIpc) is 2.88. The van der Waals surface area contributed by atoms with E-state index in [2.05, 4.69) is 43.8 Å². The molecule has 0 amide bonds. The summed E-state index contributed by atoms with van der Waals surface area (Å²) in [7, 11) is 4.41. The predicted molar refractivity (Wildman–Crippen MR) is 104 cm³/mol. The maximum absolute atomic E-state index is 12.7. The highest BCUT2D eigenvalue weighted by Crippen LogP contribution is 2.54. The average molecular weight is 361 g/mol. The summed E-state index contributed by atoms with van der Waals surface area (Å²) in [6.45, 7) is 7.95. The number of fused-ring (bicyclic) bond motifs is 2. The fourth-order valence-electron chi connectivity index (χ4n) is 6.15. The van der Waals surface area contributed by atoms with E-state index in [0.717, 1.165) is 26.1 Å². The molecule has 0 bridgehead atoms. The summed E-state index contributed by atoms with van der Waals surface area (Å²) in [5.74, 6) is 1.03. The van der Waals surface area contributed by atoms with E-state index >= 15 is 0 Å². The van der Waals surface area contributed by atoms with Crippen LogP contribution in [-0.2, 0) is 9.53 Å². The Hall–Kier alpha value is -0.870. The van der Waals surface area contributed by atoms with Gasteiger partial charge >= 0.3 is 5.97 Å². The molecule has 0 radical (unpaired) electrons. The molecule has 4 nitrogen and oxygen atoms in total. The van der Waals surface area contributed by atoms with E-state index in [9.17, 15) is 4.79 Å². The van der Waals surface area contributed by atoms with E-state index in [1.54, 1.807) is 5.57 Å². The first-order valence-electron chi connectivity index (χ1n) is 10.7. The van der Waals surface area contributed by atoms with Gasteiger partial charge in [0.15, 0.2) is 0 Å². The third kappa shape index (κ3) is 3.24. The highest BCUT2D eigenvalue weighted by Gasteiger charge is 2.52. The van der Waals surface area contributed by atoms with Gasteiger partial charge in [0.05, 0.1) is 5.92 Å². The number of carbonyl (C=O) groups is 1. The van der Waals surface area contributed by atoms with Crippen LogP contribution >= 0.6 is 0 Å². The highest BCUT2D eigenvalue weighted by molar-refractivity contribution is 5.76. The van der Waals surface area contributed by atoms with Gasteiger partial charge in [0.2, 0.25) is 0 Å². The van der Waals surface area contributed by atoms with Gasteiger partial charge < -0.3 is 14.5 Å². The van der Waals surface area contributed by atoms with Crippen molar-refractivity contribution in [2.75, 3.05) is 33.7 Å². The lowest BCUT2D eigenvalue weighted by atomic mass is 9.59. The lowest BCUT2D eigenvalue weighted by molar-refractivity contribution is -0.145. The fraction of sp³-hybridized carbons (Fsp3) is 0.864. The Balaban J connectivity index is 1.49. The predicted octanol–water partition coefficient (Wildman–Crippen LogP) is 3.33. The Labute approximate surface area is 158 Å². The molecule has 2 aliphatic heterocycles. The Morgan fingerprint density at radius 2 is 2.04 bits per heavy atom. The molecule has 4 rings (SSSR count). The molecule has 0 aromatic heterocycles. The maximum atomic E-state index is 12.7. The molecule has 0 unspecified atom stereocenters. The van der Waals surface area contributed by atoms with Crippen molar-refractivity contribution >= 4 is 5.97 Å². The van der Waals surface area contributed by atoms with Crippen LogP contribution in [0.25, 0.3) is 0 Å². The smallest absolute Gasteiger partial charge is 0.311 e. The van der Waals surface area contributed by atoms with Crippen molar-refractivity contribution in [3.05, 3.63) is 11.6 Å². The minimum atomic E-state index is 0.0239. The second-order valence-corrected chi connectivity index (χ2v) is 9.81. The summed E-state index contributed by atoms with van der Waals surface area (Å²) < 4.78 is 5.91. The lowest BCUT2D eigenvalue weighted by Gasteiger charge is -2.46. The van der Waals surface area contributed by atoms with Gasteiger partial charge in [-0.3, -0.25) is 4.79 Å². The summed E-state index contributed by atoms with van der Waals surface area (Å²) in [5.41, 5.74) is 1.88. The van der Waals surface area contributed by atoms with Gasteiger partial charge in [0, 0.05) is 18.5 Å². The molecule has 2 aliphatic carbocycles. The summed E-state index contributed by atoms with van der Waals surface area (Å²) in [5, 5.41) is 0. The molecule has 0 N–H and O–H groups in total. The van der Waals surface area contributed by atoms with Gasteiger partial charge in [-0.1, -0.05) is 31.9 Å². The van der Waals surface area contributed by atoms with Crippen molar-refractivity contribution in [2.45, 2.75) is 64.5 Å². The number of likely N-dealkylation sites (tertiary alicyclic amines) is 1. The monoisotopic (exact) mass is 360 g/mol. The lowest BCUT2D eigenvalue weighted by Crippen LogP contribution is -2.45. The number of hydrogen-bond donors (Lipinski definition) is 0. The van der Waals surface area contributed by atoms with E-state index in [1.165, 1.54) is 32.1 Å². The van der Waals surface area contributed by atoms with Crippen LogP contribution < -0.4 is 0 Å². The summed E-state index contributed by atoms with van der Waals surface area (Å²) in [4.78, 5) is 17.6. The molecule has 0 spiro atoms. The van der Waals surface area contributed by atoms with Crippen molar-refractivity contribution in [3.63, 3.8) is 0 Å². The summed E-state index contributed by atoms with van der Waals surface area (Å²) in [6.07, 6.45) is 9.90. The molecule has 0 aromatic rings. The molecule has 146 valence electrons. The zero-order valence-corrected chi connectivity index (χ0v) is 17.0. The SMILES string of the molecule is C[C@@H]1CCC[C@]2(C)C[C@H]3OC(=O)[C@@H](CN(C)C4CCN(C)CC4)[C@H]3C=C12. The summed E-state index contributed by atoms with van der Waals surface area (Å²) in [6, 6.07) is 0.605. The van der Waals surface area contributed by atoms with Crippen LogP contribution in [0, 0.1) is 23.2 Å². The van der Waals surface area contributed by atoms with E-state index in [-0.39, 0.29) is 23.4 Å². The third-order valence-electron chi connectivity index (χ3n) is 7.88. The third-order valence-corrected chi connectivity index (χ3v) is 7.88. The molecule has 26 heavy (non-hydrogen) atoms. The number of esters is 1. The molecule has 5 atom stereocenters. The number of piperidine rings is 1. The Kier molecular flexibility index (Phi) is 4.94. The first-order valence-corrected chi connectivity index (χ1v) is 10.7. The van der Waals surface area contributed by atoms with Gasteiger partial charge in [-0.2, -0.15) is 0 Å². The second-order valence-electron chi connectivity index (χ2n) is 9.81. The topological polar surface area (TPSA) is 32.8 Å². The standard InChI is InChI=1S/C22H36N2O2/c1-15-6-5-9-22(2)13-20-17(12-19(15)22)18(21(25)26-20)14-24(4)16-7-10-23(3)11-8-16/h12,15-18,20H,5-11,13-14H2,1-4H3/t15-,17-,18+,20-,22-/m1/s1. The molecular weight excluding hydrogens is 324 g/mol. The minimum Gasteiger partial charge on any atom is -0.461 e. The van der Waals surface area contributed by atoms with Gasteiger partial charge in [-0.15, -0.1) is 0 Å². The molecule has 3 fully saturated rings. The molecule has 4 aliphatic rings. The Morgan fingerprint density at radius 3 is 2.77 bits per heavy atom. The van der Waals surface area contributed by atoms with Crippen LogP contribution in [0.3, 0.4) is 0 Å². The second kappa shape index (κ2) is 6.94. The minimum absolute atomic E-state index is 0.0239. The van der Waals surface area contributed by atoms with Crippen LogP contribution in [0.2, 0.25) is 0 Å². The quantitative estimate of drug-likeness (QED) is 0.571. The van der Waals surface area contributed by atoms with E-state index in [1.807, 2.05) is 0 Å². The first kappa shape index (κ1) is 18.5. The van der Waals surface area contributed by atoms with E-state index in [0.29, 0.717) is 17.9 Å². The zero-order chi connectivity index (χ0) is 18.5. The number of nitrogens with zero attached hydrogens (tertiary/aromatic N) is 2. The van der Waals surface area contributed by atoms with Gasteiger partial charge in [0.1, 0.15) is 6.10 Å². The van der Waals surface area contributed by atoms with Crippen LogP contribution in [0.15, 0.2) is 11.6 Å². The normalized spacial score (nSPS) is 41.6. The van der Waals surface area contributed by atoms with E-state index in [4.69, 9.17) is 4.74 Å². The van der Waals surface area contributed by atoms with Crippen molar-refractivity contribution in [1.29, 1.82) is 0 Å². The first-order chi connectivity index (χ1) is 12.4. The van der Waals surface area contributed by atoms with Crippen LogP contribution in [0.5, 0.6) is 0 Å². The Bertz CT molecular complexity index is 581. The number of rotatable bonds is 3. The number of hydrogen-bond acceptors (Lipinski definition) is 4. The number of carbonyl (C=O) groups excluding carboxylic acids is 1. The molecular formula is C22H36N2O2. The van der Waals surface area contributed by atoms with Crippen molar-refractivity contribution in [1.82, 2.24) is 9.80 Å². The molecule has 4 heteroatoms. The van der Waals surface area contributed by atoms with E-state index < -0.39 is 0 Å². The van der Waals surface area contributed by atoms with Crippen molar-refractivity contribution in [3.8, 4) is 0 Å².